The Morgan fingerprint density at radius 1 is 1.21 bits per heavy atom. The Morgan fingerprint density at radius 3 is 2.68 bits per heavy atom. The minimum absolute atomic E-state index is 0.00115. The van der Waals surface area contributed by atoms with E-state index in [0.29, 0.717) is 40.4 Å². The van der Waals surface area contributed by atoms with Gasteiger partial charge in [0.05, 0.1) is 18.5 Å². The normalized spacial score (nSPS) is 12.0. The van der Waals surface area contributed by atoms with Gasteiger partial charge in [0, 0.05) is 6.20 Å². The first-order valence-corrected chi connectivity index (χ1v) is 9.35. The molecule has 0 bridgehead atoms. The first-order chi connectivity index (χ1) is 13.5. The Balaban J connectivity index is 1.82. The van der Waals surface area contributed by atoms with Gasteiger partial charge in [0.2, 0.25) is 5.91 Å². The van der Waals surface area contributed by atoms with Crippen LogP contribution in [0.15, 0.2) is 47.2 Å². The van der Waals surface area contributed by atoms with Crippen molar-refractivity contribution in [1.29, 1.82) is 0 Å². The van der Waals surface area contributed by atoms with Gasteiger partial charge in [-0.3, -0.25) is 9.78 Å². The first kappa shape index (κ1) is 19.8. The Bertz CT molecular complexity index is 929. The van der Waals surface area contributed by atoms with E-state index in [1.807, 2.05) is 38.1 Å². The fraction of sp³-hybridized carbons (Fsp3) is 0.300. The molecule has 28 heavy (non-hydrogen) atoms. The summed E-state index contributed by atoms with van der Waals surface area (Å²) in [5.74, 6) is 1.37. The molecule has 8 heteroatoms. The van der Waals surface area contributed by atoms with Crippen LogP contribution in [0.2, 0.25) is 5.02 Å². The summed E-state index contributed by atoms with van der Waals surface area (Å²) in [4.78, 5) is 25.9. The smallest absolute Gasteiger partial charge is 0.243 e. The summed E-state index contributed by atoms with van der Waals surface area (Å²) >= 11 is 6.41. The third kappa shape index (κ3) is 4.67. The van der Waals surface area contributed by atoms with E-state index in [1.165, 1.54) is 0 Å². The summed E-state index contributed by atoms with van der Waals surface area (Å²) in [6.45, 7) is 6.01. The molecule has 2 N–H and O–H groups in total. The molecule has 7 nitrogen and oxygen atoms in total. The monoisotopic (exact) mass is 399 g/mol. The van der Waals surface area contributed by atoms with Crippen LogP contribution in [-0.2, 0) is 11.3 Å². The molecule has 0 aliphatic heterocycles. The van der Waals surface area contributed by atoms with Crippen LogP contribution >= 0.6 is 11.6 Å². The van der Waals surface area contributed by atoms with E-state index >= 15 is 0 Å². The van der Waals surface area contributed by atoms with E-state index in [1.54, 1.807) is 25.5 Å². The Kier molecular flexibility index (Phi) is 6.26. The SMILES string of the molecule is Cc1nc(-c2ccccn2)nc(NC(C(=O)NCc2ccco2)C(C)C)c1Cl. The molecule has 0 saturated carbocycles. The molecule has 1 unspecified atom stereocenters. The predicted octanol–water partition coefficient (Wildman–Crippen LogP) is 3.85. The molecule has 0 fully saturated rings. The highest BCUT2D eigenvalue weighted by Gasteiger charge is 2.24. The summed E-state index contributed by atoms with van der Waals surface area (Å²) < 4.78 is 5.26. The molecule has 3 aromatic rings. The molecular formula is C20H22ClN5O2. The van der Waals surface area contributed by atoms with Crippen LogP contribution in [0.3, 0.4) is 0 Å². The van der Waals surface area contributed by atoms with E-state index in [-0.39, 0.29) is 11.8 Å². The lowest BCUT2D eigenvalue weighted by atomic mass is 10.0. The van der Waals surface area contributed by atoms with Gasteiger partial charge in [-0.2, -0.15) is 0 Å². The van der Waals surface area contributed by atoms with Gasteiger partial charge >= 0.3 is 0 Å². The number of furan rings is 1. The Labute approximate surface area is 168 Å². The van der Waals surface area contributed by atoms with Crippen molar-refractivity contribution >= 4 is 23.3 Å². The lowest BCUT2D eigenvalue weighted by molar-refractivity contribution is -0.122. The summed E-state index contributed by atoms with van der Waals surface area (Å²) in [5.41, 5.74) is 1.24. The second-order valence-corrected chi connectivity index (χ2v) is 7.05. The number of nitrogens with one attached hydrogen (secondary N) is 2. The average Bonchev–Trinajstić information content (AvgIpc) is 3.21. The van der Waals surface area contributed by atoms with E-state index in [9.17, 15) is 4.79 Å². The molecule has 3 aromatic heterocycles. The molecule has 0 radical (unpaired) electrons. The lowest BCUT2D eigenvalue weighted by Crippen LogP contribution is -2.43. The van der Waals surface area contributed by atoms with Gasteiger partial charge in [0.1, 0.15) is 28.3 Å². The second-order valence-electron chi connectivity index (χ2n) is 6.67. The zero-order valence-corrected chi connectivity index (χ0v) is 16.7. The standard InChI is InChI=1S/C20H22ClN5O2/c1-12(2)17(20(27)23-11-14-7-6-10-28-14)25-19-16(21)13(3)24-18(26-19)15-8-4-5-9-22-15/h4-10,12,17H,11H2,1-3H3,(H,23,27)(H,24,25,26). The molecule has 0 saturated heterocycles. The number of hydrogen-bond donors (Lipinski definition) is 2. The largest absolute Gasteiger partial charge is 0.467 e. The van der Waals surface area contributed by atoms with Crippen LogP contribution in [0.5, 0.6) is 0 Å². The summed E-state index contributed by atoms with van der Waals surface area (Å²) in [7, 11) is 0. The zero-order valence-electron chi connectivity index (χ0n) is 15.9. The average molecular weight is 400 g/mol. The maximum Gasteiger partial charge on any atom is 0.243 e. The zero-order chi connectivity index (χ0) is 20.1. The number of pyridine rings is 1. The molecule has 1 atom stereocenters. The fourth-order valence-corrected chi connectivity index (χ4v) is 2.78. The number of aryl methyl sites for hydroxylation is 1. The van der Waals surface area contributed by atoms with Crippen LogP contribution in [0.25, 0.3) is 11.5 Å². The highest BCUT2D eigenvalue weighted by molar-refractivity contribution is 6.33. The molecule has 0 aliphatic carbocycles. The van der Waals surface area contributed by atoms with Crippen LogP contribution in [-0.4, -0.2) is 26.9 Å². The van der Waals surface area contributed by atoms with Gasteiger partial charge in [0.25, 0.3) is 0 Å². The van der Waals surface area contributed by atoms with Crippen molar-refractivity contribution in [1.82, 2.24) is 20.3 Å². The highest BCUT2D eigenvalue weighted by Crippen LogP contribution is 2.27. The van der Waals surface area contributed by atoms with Crippen LogP contribution in [0, 0.1) is 12.8 Å². The molecule has 3 heterocycles. The predicted molar refractivity (Wildman–Crippen MR) is 108 cm³/mol. The van der Waals surface area contributed by atoms with Crippen LogP contribution in [0.4, 0.5) is 5.82 Å². The first-order valence-electron chi connectivity index (χ1n) is 8.98. The van der Waals surface area contributed by atoms with Gasteiger partial charge in [-0.1, -0.05) is 31.5 Å². The number of carbonyl (C=O) groups is 1. The van der Waals surface area contributed by atoms with E-state index < -0.39 is 6.04 Å². The van der Waals surface area contributed by atoms with E-state index in [0.717, 1.165) is 0 Å². The molecule has 0 spiro atoms. The minimum atomic E-state index is -0.529. The topological polar surface area (TPSA) is 92.9 Å². The molecule has 3 rings (SSSR count). The second kappa shape index (κ2) is 8.84. The van der Waals surface area contributed by atoms with Gasteiger partial charge < -0.3 is 15.1 Å². The van der Waals surface area contributed by atoms with Gasteiger partial charge in [-0.15, -0.1) is 0 Å². The summed E-state index contributed by atoms with van der Waals surface area (Å²) in [6, 6.07) is 8.57. The maximum atomic E-state index is 12.7. The quantitative estimate of drug-likeness (QED) is 0.626. The number of hydrogen-bond acceptors (Lipinski definition) is 6. The molecular weight excluding hydrogens is 378 g/mol. The molecule has 0 aliphatic rings. The van der Waals surface area contributed by atoms with Gasteiger partial charge in [-0.05, 0) is 37.1 Å². The van der Waals surface area contributed by atoms with Crippen molar-refractivity contribution in [3.8, 4) is 11.5 Å². The third-order valence-corrected chi connectivity index (χ3v) is 4.62. The van der Waals surface area contributed by atoms with Crippen molar-refractivity contribution < 1.29 is 9.21 Å². The number of aromatic nitrogens is 3. The fourth-order valence-electron chi connectivity index (χ4n) is 2.64. The van der Waals surface area contributed by atoms with Crippen molar-refractivity contribution in [2.24, 2.45) is 5.92 Å². The van der Waals surface area contributed by atoms with Crippen molar-refractivity contribution in [2.75, 3.05) is 5.32 Å². The van der Waals surface area contributed by atoms with E-state index in [2.05, 4.69) is 25.6 Å². The number of carbonyl (C=O) groups excluding carboxylic acids is 1. The maximum absolute atomic E-state index is 12.7. The van der Waals surface area contributed by atoms with Gasteiger partial charge in [0.15, 0.2) is 5.82 Å². The number of rotatable bonds is 7. The highest BCUT2D eigenvalue weighted by atomic mass is 35.5. The summed E-state index contributed by atoms with van der Waals surface area (Å²) in [5, 5.41) is 6.43. The van der Waals surface area contributed by atoms with Crippen molar-refractivity contribution in [2.45, 2.75) is 33.4 Å². The third-order valence-electron chi connectivity index (χ3n) is 4.17. The number of amides is 1. The number of anilines is 1. The Morgan fingerprint density at radius 2 is 2.04 bits per heavy atom. The molecule has 1 amide bonds. The van der Waals surface area contributed by atoms with Crippen molar-refractivity contribution in [3.63, 3.8) is 0 Å². The summed E-state index contributed by atoms with van der Waals surface area (Å²) in [6.07, 6.45) is 3.25. The lowest BCUT2D eigenvalue weighted by Gasteiger charge is -2.23. The Hall–Kier alpha value is -2.93. The molecule has 0 aromatic carbocycles. The van der Waals surface area contributed by atoms with Gasteiger partial charge in [-0.25, -0.2) is 9.97 Å². The van der Waals surface area contributed by atoms with Crippen molar-refractivity contribution in [3.05, 3.63) is 59.3 Å². The van der Waals surface area contributed by atoms with E-state index in [4.69, 9.17) is 16.0 Å². The van der Waals surface area contributed by atoms with Crippen LogP contribution < -0.4 is 10.6 Å². The van der Waals surface area contributed by atoms with Crippen LogP contribution in [0.1, 0.15) is 25.3 Å². The number of nitrogens with zero attached hydrogens (tertiary/aromatic N) is 3. The molecule has 146 valence electrons. The number of halogens is 1. The minimum Gasteiger partial charge on any atom is -0.467 e.